The van der Waals surface area contributed by atoms with Crippen LogP contribution in [0.4, 0.5) is 0 Å². The van der Waals surface area contributed by atoms with Crippen LogP contribution < -0.4 is 37.2 Å². The van der Waals surface area contributed by atoms with Crippen molar-refractivity contribution >= 4 is 0 Å². The molecule has 0 radical (unpaired) electrons. The van der Waals surface area contributed by atoms with Gasteiger partial charge in [0, 0.05) is 142 Å². The molecule has 7 rings (SSSR count). The average Bonchev–Trinajstić information content (AvgIpc) is 2.31. The molecule has 520 valence electrons. The molecular formula is C75H133N15O2. The second kappa shape index (κ2) is 59.9. The number of aryl methyl sites for hydroxylation is 4. The first-order chi connectivity index (χ1) is 44.0. The monoisotopic (exact) mass is 1280 g/mol. The number of hydrogen-bond donors (Lipinski definition) is 7. The zero-order valence-electron chi connectivity index (χ0n) is 61.9. The van der Waals surface area contributed by atoms with E-state index >= 15 is 0 Å². The lowest BCUT2D eigenvalue weighted by Gasteiger charge is -2.07. The lowest BCUT2D eigenvalue weighted by Crippen LogP contribution is -2.26. The topological polar surface area (TPSA) is 206 Å². The van der Waals surface area contributed by atoms with Crippen molar-refractivity contribution in [2.24, 2.45) is 11.8 Å². The van der Waals surface area contributed by atoms with Gasteiger partial charge in [-0.2, -0.15) is 5.10 Å². The normalized spacial score (nSPS) is 10.5. The highest BCUT2D eigenvalue weighted by atomic mass is 16.5. The molecule has 7 aromatic rings. The van der Waals surface area contributed by atoms with Gasteiger partial charge in [-0.25, -0.2) is 0 Å². The van der Waals surface area contributed by atoms with Gasteiger partial charge >= 0.3 is 0 Å². The van der Waals surface area contributed by atoms with Gasteiger partial charge in [0.1, 0.15) is 11.5 Å². The van der Waals surface area contributed by atoms with Gasteiger partial charge in [0.2, 0.25) is 0 Å². The summed E-state index contributed by atoms with van der Waals surface area (Å²) >= 11 is 0. The summed E-state index contributed by atoms with van der Waals surface area (Å²) in [5.41, 5.74) is 8.98. The van der Waals surface area contributed by atoms with Crippen molar-refractivity contribution in [2.45, 2.75) is 254 Å². The number of nitrogens with one attached hydrogen (secondary N) is 7. The third-order valence-electron chi connectivity index (χ3n) is 12.6. The fourth-order valence-electron chi connectivity index (χ4n) is 7.54. The van der Waals surface area contributed by atoms with Crippen molar-refractivity contribution in [3.05, 3.63) is 173 Å². The van der Waals surface area contributed by atoms with Crippen molar-refractivity contribution in [2.75, 3.05) is 39.3 Å². The molecule has 0 fully saturated rings. The highest BCUT2D eigenvalue weighted by Crippen LogP contribution is 2.13. The summed E-state index contributed by atoms with van der Waals surface area (Å²) in [6, 6.07) is 28.7. The molecule has 0 atom stereocenters. The van der Waals surface area contributed by atoms with Gasteiger partial charge < -0.3 is 46.3 Å². The van der Waals surface area contributed by atoms with Gasteiger partial charge in [0.25, 0.3) is 0 Å². The van der Waals surface area contributed by atoms with Crippen LogP contribution in [0.1, 0.15) is 207 Å². The Morgan fingerprint density at radius 2 is 0.761 bits per heavy atom. The van der Waals surface area contributed by atoms with Gasteiger partial charge in [-0.3, -0.25) is 24.6 Å². The number of hydrogen-bond acceptors (Lipinski definition) is 16. The summed E-state index contributed by atoms with van der Waals surface area (Å²) in [7, 11) is 0. The number of nitrogens with zero attached hydrogens (tertiary/aromatic N) is 8. The second-order valence-electron chi connectivity index (χ2n) is 25.0. The second-order valence-corrected chi connectivity index (χ2v) is 25.0. The standard InChI is InChI=1S/C12H20N2.C11H18N2.C10H18N2O.C10H16N2.C9H16N2O.C9H14N2.C8H15N3.2C3H8/c1-11(2)6-9-13-10-7-12-5-3-4-8-14-12;1-10(2)6-8-12-9-11-5-3-4-7-13-11;1-7(2)11-6-5-10-8(3)12-13-9(10)4;1-9(2)11-8-6-10-5-3-4-7-12-10;1-6(2)10-5-9-7(3)11-12-8(9)4;1-8(2)11-7-9-5-3-4-6-10-9;1-8(2)9-5-7-11-6-3-4-10-11;2*1-3-2/h3-5,8,11,13H,6-7,9-10H2,1-2H3;3-5,7,10,12H,6,8-9H2,1-2H3;7,11H,5-6H2,1-4H3;3-5,7,9,11H,6,8H2,1-2H3;6,10H,5H2,1-4H3;3-6,8,11H,7H2,1-2H3;3-4,6,8-9H,5,7H2,1-2H3;2*3H2,1-2H3. The first-order valence-corrected chi connectivity index (χ1v) is 34.5. The predicted octanol–water partition coefficient (Wildman–Crippen LogP) is 15.0. The van der Waals surface area contributed by atoms with E-state index in [1.165, 1.54) is 42.5 Å². The molecule has 17 heteroatoms. The summed E-state index contributed by atoms with van der Waals surface area (Å²) in [5.74, 6) is 3.43. The lowest BCUT2D eigenvalue weighted by atomic mass is 10.1. The number of rotatable bonds is 29. The van der Waals surface area contributed by atoms with E-state index in [0.717, 1.165) is 137 Å². The molecule has 7 aromatic heterocycles. The third-order valence-corrected chi connectivity index (χ3v) is 12.6. The third kappa shape index (κ3) is 55.6. The molecule has 0 spiro atoms. The zero-order chi connectivity index (χ0) is 69.2. The minimum atomic E-state index is 0.499. The first-order valence-electron chi connectivity index (χ1n) is 34.5. The van der Waals surface area contributed by atoms with E-state index in [0.29, 0.717) is 30.2 Å². The summed E-state index contributed by atoms with van der Waals surface area (Å²) in [6.07, 6.45) is 19.1. The molecule has 0 aliphatic rings. The maximum Gasteiger partial charge on any atom is 0.138 e. The molecule has 92 heavy (non-hydrogen) atoms. The Balaban J connectivity index is 0. The summed E-state index contributed by atoms with van der Waals surface area (Å²) in [4.78, 5) is 16.9. The Morgan fingerprint density at radius 3 is 1.14 bits per heavy atom. The van der Waals surface area contributed by atoms with Crippen molar-refractivity contribution in [1.82, 2.24) is 77.2 Å². The minimum Gasteiger partial charge on any atom is -0.361 e. The molecule has 0 aromatic carbocycles. The van der Waals surface area contributed by atoms with Crippen LogP contribution in [0.3, 0.4) is 0 Å². The predicted molar refractivity (Wildman–Crippen MR) is 391 cm³/mol. The SMILES string of the molecule is CC(C)CCNCCc1ccccn1.CC(C)CCNCc1ccccn1.CC(C)NCCc1ccccn1.CC(C)NCCn1cccn1.CC(C)NCc1ccccn1.CCC.CCC.Cc1noc(C)c1CCNC(C)C.Cc1noc(C)c1CNC(C)C. The van der Waals surface area contributed by atoms with Crippen LogP contribution in [0.25, 0.3) is 0 Å². The van der Waals surface area contributed by atoms with Crippen LogP contribution in [0, 0.1) is 39.5 Å². The Labute approximate surface area is 561 Å². The molecule has 0 aliphatic carbocycles. The van der Waals surface area contributed by atoms with E-state index < -0.39 is 0 Å². The van der Waals surface area contributed by atoms with Gasteiger partial charge in [-0.15, -0.1) is 0 Å². The molecule has 7 N–H and O–H groups in total. The number of aromatic nitrogens is 8. The maximum atomic E-state index is 5.08. The van der Waals surface area contributed by atoms with Gasteiger partial charge in [0.05, 0.1) is 29.3 Å². The lowest BCUT2D eigenvalue weighted by molar-refractivity contribution is 0.391. The molecule has 0 aliphatic heterocycles. The van der Waals surface area contributed by atoms with Crippen LogP contribution in [0.15, 0.2) is 125 Å². The Hall–Kier alpha value is -6.05. The van der Waals surface area contributed by atoms with E-state index in [9.17, 15) is 0 Å². The molecule has 0 unspecified atom stereocenters. The van der Waals surface area contributed by atoms with Crippen LogP contribution >= 0.6 is 0 Å². The van der Waals surface area contributed by atoms with Gasteiger partial charge in [-0.1, -0.05) is 172 Å². The first kappa shape index (κ1) is 88.0. The van der Waals surface area contributed by atoms with E-state index in [2.05, 4.69) is 209 Å². The fraction of sp³-hybridized carbons (Fsp3) is 0.613. The van der Waals surface area contributed by atoms with E-state index in [-0.39, 0.29) is 0 Å². The summed E-state index contributed by atoms with van der Waals surface area (Å²) in [5, 5.41) is 35.4. The van der Waals surface area contributed by atoms with E-state index in [1.807, 2.05) is 130 Å². The highest BCUT2D eigenvalue weighted by molar-refractivity contribution is 5.21. The van der Waals surface area contributed by atoms with E-state index in [1.54, 1.807) is 6.20 Å². The minimum absolute atomic E-state index is 0.499. The van der Waals surface area contributed by atoms with Crippen LogP contribution in [0.5, 0.6) is 0 Å². The zero-order valence-corrected chi connectivity index (χ0v) is 61.9. The maximum absolute atomic E-state index is 5.08. The molecule has 0 amide bonds. The molecule has 17 nitrogen and oxygen atoms in total. The quantitative estimate of drug-likeness (QED) is 0.0218. The summed E-state index contributed by atoms with van der Waals surface area (Å²) in [6.45, 7) is 56.5. The average molecular weight is 1280 g/mol. The van der Waals surface area contributed by atoms with Gasteiger partial charge in [0.15, 0.2) is 0 Å². The van der Waals surface area contributed by atoms with Crippen LogP contribution in [0.2, 0.25) is 0 Å². The Bertz CT molecular complexity index is 2550. The van der Waals surface area contributed by atoms with Crippen molar-refractivity contribution < 1.29 is 9.05 Å². The molecule has 7 heterocycles. The van der Waals surface area contributed by atoms with Crippen molar-refractivity contribution in [3.8, 4) is 0 Å². The largest absolute Gasteiger partial charge is 0.361 e. The Morgan fingerprint density at radius 1 is 0.380 bits per heavy atom. The Kier molecular flexibility index (Phi) is 57.3. The van der Waals surface area contributed by atoms with Crippen LogP contribution in [-0.4, -0.2) is 110 Å². The van der Waals surface area contributed by atoms with Gasteiger partial charge in [-0.05, 0) is 133 Å². The van der Waals surface area contributed by atoms with Crippen molar-refractivity contribution in [3.63, 3.8) is 0 Å². The molecule has 0 saturated carbocycles. The number of pyridine rings is 4. The highest BCUT2D eigenvalue weighted by Gasteiger charge is 2.09. The van der Waals surface area contributed by atoms with Crippen LogP contribution in [-0.2, 0) is 45.4 Å². The fourth-order valence-corrected chi connectivity index (χ4v) is 7.54. The smallest absolute Gasteiger partial charge is 0.138 e. The van der Waals surface area contributed by atoms with Crippen molar-refractivity contribution in [1.29, 1.82) is 0 Å². The molecule has 0 bridgehead atoms. The molecular weight excluding hydrogens is 1140 g/mol. The molecule has 0 saturated heterocycles. The van der Waals surface area contributed by atoms with E-state index in [4.69, 9.17) is 9.05 Å². The summed E-state index contributed by atoms with van der Waals surface area (Å²) < 4.78 is 12.0.